The molecule has 1 amide bonds. The van der Waals surface area contributed by atoms with E-state index >= 15 is 0 Å². The van der Waals surface area contributed by atoms with E-state index in [2.05, 4.69) is 26.2 Å². The van der Waals surface area contributed by atoms with Crippen molar-refractivity contribution >= 4 is 38.9 Å². The Bertz CT molecular complexity index is 844. The van der Waals surface area contributed by atoms with Crippen LogP contribution in [0, 0.1) is 6.92 Å². The average Bonchev–Trinajstić information content (AvgIpc) is 2.98. The summed E-state index contributed by atoms with van der Waals surface area (Å²) in [5, 5.41) is 5.73. The Balaban J connectivity index is 1.69. The number of para-hydroxylation sites is 1. The second kappa shape index (κ2) is 7.06. The highest BCUT2D eigenvalue weighted by molar-refractivity contribution is 9.10. The molecular weight excluding hydrogens is 372 g/mol. The monoisotopic (exact) mass is 386 g/mol. The van der Waals surface area contributed by atoms with Gasteiger partial charge in [-0.05, 0) is 30.7 Å². The minimum Gasteiger partial charge on any atom is -0.325 e. The Kier molecular flexibility index (Phi) is 4.88. The van der Waals surface area contributed by atoms with Crippen molar-refractivity contribution in [2.75, 3.05) is 5.32 Å². The third kappa shape index (κ3) is 4.06. The molecule has 0 saturated carbocycles. The van der Waals surface area contributed by atoms with Gasteiger partial charge in [-0.2, -0.15) is 0 Å². The molecule has 2 aromatic carbocycles. The van der Waals surface area contributed by atoms with Crippen LogP contribution in [0.3, 0.4) is 0 Å². The molecule has 23 heavy (non-hydrogen) atoms. The molecule has 116 valence electrons. The van der Waals surface area contributed by atoms with Crippen LogP contribution in [0.15, 0.2) is 58.4 Å². The molecule has 1 N–H and O–H groups in total. The number of benzene rings is 2. The van der Waals surface area contributed by atoms with Crippen LogP contribution >= 0.6 is 27.3 Å². The minimum absolute atomic E-state index is 0.0468. The lowest BCUT2D eigenvalue weighted by molar-refractivity contribution is -0.115. The standard InChI is InChI=1S/C18H15BrN2OS/c1-12-5-2-3-8-15(12)20-17(22)10-18-21-16(11-23-18)13-6-4-7-14(19)9-13/h2-9,11H,10H2,1H3,(H,20,22). The van der Waals surface area contributed by atoms with E-state index in [0.717, 1.165) is 32.0 Å². The van der Waals surface area contributed by atoms with Gasteiger partial charge in [-0.15, -0.1) is 11.3 Å². The van der Waals surface area contributed by atoms with Crippen molar-refractivity contribution in [3.63, 3.8) is 0 Å². The van der Waals surface area contributed by atoms with Crippen molar-refractivity contribution in [2.24, 2.45) is 0 Å². The Morgan fingerprint density at radius 3 is 2.83 bits per heavy atom. The maximum absolute atomic E-state index is 12.2. The first-order valence-electron chi connectivity index (χ1n) is 7.17. The van der Waals surface area contributed by atoms with Crippen LogP contribution in [0.5, 0.6) is 0 Å². The first-order chi connectivity index (χ1) is 11.1. The van der Waals surface area contributed by atoms with Crippen molar-refractivity contribution in [3.8, 4) is 11.3 Å². The zero-order chi connectivity index (χ0) is 16.2. The molecule has 0 fully saturated rings. The molecule has 0 aliphatic carbocycles. The number of aromatic nitrogens is 1. The number of carbonyl (C=O) groups is 1. The summed E-state index contributed by atoms with van der Waals surface area (Å²) >= 11 is 4.97. The van der Waals surface area contributed by atoms with Gasteiger partial charge in [-0.25, -0.2) is 4.98 Å². The molecule has 0 spiro atoms. The van der Waals surface area contributed by atoms with Gasteiger partial charge in [0, 0.05) is 21.1 Å². The molecule has 0 aliphatic rings. The Morgan fingerprint density at radius 2 is 2.04 bits per heavy atom. The Morgan fingerprint density at radius 1 is 1.22 bits per heavy atom. The molecule has 0 atom stereocenters. The first kappa shape index (κ1) is 15.9. The maximum Gasteiger partial charge on any atom is 0.231 e. The summed E-state index contributed by atoms with van der Waals surface area (Å²) < 4.78 is 1.02. The largest absolute Gasteiger partial charge is 0.325 e. The predicted octanol–water partition coefficient (Wildman–Crippen LogP) is 5.06. The van der Waals surface area contributed by atoms with E-state index in [0.29, 0.717) is 0 Å². The third-order valence-electron chi connectivity index (χ3n) is 3.40. The van der Waals surface area contributed by atoms with Gasteiger partial charge in [0.25, 0.3) is 0 Å². The summed E-state index contributed by atoms with van der Waals surface area (Å²) in [4.78, 5) is 16.7. The molecule has 0 saturated heterocycles. The second-order valence-electron chi connectivity index (χ2n) is 5.18. The number of nitrogens with zero attached hydrogens (tertiary/aromatic N) is 1. The lowest BCUT2D eigenvalue weighted by Crippen LogP contribution is -2.14. The summed E-state index contributed by atoms with van der Waals surface area (Å²) in [6.07, 6.45) is 0.285. The number of rotatable bonds is 4. The van der Waals surface area contributed by atoms with Crippen molar-refractivity contribution in [2.45, 2.75) is 13.3 Å². The molecule has 1 aromatic heterocycles. The number of aryl methyl sites for hydroxylation is 1. The van der Waals surface area contributed by atoms with Crippen LogP contribution in [-0.4, -0.2) is 10.9 Å². The summed E-state index contributed by atoms with van der Waals surface area (Å²) in [6.45, 7) is 1.98. The fourth-order valence-electron chi connectivity index (χ4n) is 2.22. The van der Waals surface area contributed by atoms with E-state index in [9.17, 15) is 4.79 Å². The van der Waals surface area contributed by atoms with Crippen LogP contribution in [0.2, 0.25) is 0 Å². The zero-order valence-corrected chi connectivity index (χ0v) is 14.9. The highest BCUT2D eigenvalue weighted by Gasteiger charge is 2.10. The number of carbonyl (C=O) groups excluding carboxylic acids is 1. The molecule has 3 aromatic rings. The summed E-state index contributed by atoms with van der Waals surface area (Å²) in [5.74, 6) is -0.0468. The molecule has 3 rings (SSSR count). The number of thiazole rings is 1. The lowest BCUT2D eigenvalue weighted by atomic mass is 10.2. The second-order valence-corrected chi connectivity index (χ2v) is 7.04. The van der Waals surface area contributed by atoms with Crippen LogP contribution in [0.4, 0.5) is 5.69 Å². The number of nitrogens with one attached hydrogen (secondary N) is 1. The maximum atomic E-state index is 12.2. The van der Waals surface area contributed by atoms with Crippen molar-refractivity contribution in [3.05, 3.63) is 69.0 Å². The van der Waals surface area contributed by atoms with Crippen molar-refractivity contribution < 1.29 is 4.79 Å². The molecule has 0 bridgehead atoms. The predicted molar refractivity (Wildman–Crippen MR) is 98.8 cm³/mol. The number of hydrogen-bond donors (Lipinski definition) is 1. The van der Waals surface area contributed by atoms with Gasteiger partial charge < -0.3 is 5.32 Å². The number of halogens is 1. The highest BCUT2D eigenvalue weighted by atomic mass is 79.9. The van der Waals surface area contributed by atoms with E-state index in [-0.39, 0.29) is 12.3 Å². The number of hydrogen-bond acceptors (Lipinski definition) is 3. The molecule has 0 aliphatic heterocycles. The first-order valence-corrected chi connectivity index (χ1v) is 8.85. The van der Waals surface area contributed by atoms with Crippen LogP contribution in [0.1, 0.15) is 10.6 Å². The van der Waals surface area contributed by atoms with Gasteiger partial charge in [0.15, 0.2) is 0 Å². The molecule has 0 radical (unpaired) electrons. The van der Waals surface area contributed by atoms with Gasteiger partial charge in [0.1, 0.15) is 5.01 Å². The summed E-state index contributed by atoms with van der Waals surface area (Å²) in [5.41, 5.74) is 3.84. The van der Waals surface area contributed by atoms with Crippen molar-refractivity contribution in [1.82, 2.24) is 4.98 Å². The van der Waals surface area contributed by atoms with Crippen molar-refractivity contribution in [1.29, 1.82) is 0 Å². The highest BCUT2D eigenvalue weighted by Crippen LogP contribution is 2.25. The lowest BCUT2D eigenvalue weighted by Gasteiger charge is -2.06. The molecular formula is C18H15BrN2OS. The Labute approximate surface area is 147 Å². The SMILES string of the molecule is Cc1ccccc1NC(=O)Cc1nc(-c2cccc(Br)c2)cs1. The summed E-state index contributed by atoms with van der Waals surface area (Å²) in [6, 6.07) is 15.7. The van der Waals surface area contributed by atoms with Gasteiger partial charge >= 0.3 is 0 Å². The van der Waals surface area contributed by atoms with Gasteiger partial charge in [0.2, 0.25) is 5.91 Å². The topological polar surface area (TPSA) is 42.0 Å². The van der Waals surface area contributed by atoms with E-state index in [1.54, 1.807) is 0 Å². The smallest absolute Gasteiger partial charge is 0.231 e. The van der Waals surface area contributed by atoms with E-state index in [1.807, 2.05) is 60.8 Å². The van der Waals surface area contributed by atoms with E-state index in [4.69, 9.17) is 0 Å². The fourth-order valence-corrected chi connectivity index (χ4v) is 3.42. The zero-order valence-electron chi connectivity index (χ0n) is 12.5. The van der Waals surface area contributed by atoms with E-state index in [1.165, 1.54) is 11.3 Å². The molecule has 3 nitrogen and oxygen atoms in total. The number of amides is 1. The summed E-state index contributed by atoms with van der Waals surface area (Å²) in [7, 11) is 0. The van der Waals surface area contributed by atoms with E-state index < -0.39 is 0 Å². The molecule has 1 heterocycles. The molecule has 0 unspecified atom stereocenters. The number of anilines is 1. The van der Waals surface area contributed by atoms with Crippen LogP contribution in [-0.2, 0) is 11.2 Å². The molecule has 5 heteroatoms. The third-order valence-corrected chi connectivity index (χ3v) is 4.75. The normalized spacial score (nSPS) is 10.5. The fraction of sp³-hybridized carbons (Fsp3) is 0.111. The van der Waals surface area contributed by atoms with Crippen LogP contribution < -0.4 is 5.32 Å². The Hall–Kier alpha value is -1.98. The van der Waals surface area contributed by atoms with Gasteiger partial charge in [-0.3, -0.25) is 4.79 Å². The average molecular weight is 387 g/mol. The van der Waals surface area contributed by atoms with Crippen LogP contribution in [0.25, 0.3) is 11.3 Å². The van der Waals surface area contributed by atoms with Gasteiger partial charge in [0.05, 0.1) is 12.1 Å². The quantitative estimate of drug-likeness (QED) is 0.680. The minimum atomic E-state index is -0.0468. The van der Waals surface area contributed by atoms with Gasteiger partial charge in [-0.1, -0.05) is 46.3 Å².